The van der Waals surface area contributed by atoms with Crippen LogP contribution >= 0.6 is 0 Å². The van der Waals surface area contributed by atoms with E-state index in [1.54, 1.807) is 18.2 Å². The fraction of sp³-hybridized carbons (Fsp3) is 0.154. The summed E-state index contributed by atoms with van der Waals surface area (Å²) in [6.45, 7) is -0.217. The molecule has 4 aromatic rings. The number of hydrogen-bond acceptors (Lipinski definition) is 7. The maximum Gasteiger partial charge on any atom is 0.326 e. The molecular weight excluding hydrogens is 497 g/mol. The fourth-order valence-electron chi connectivity index (χ4n) is 4.61. The number of H-pyrrole nitrogens is 1. The molecule has 1 unspecified atom stereocenters. The number of carbonyl (C=O) groups is 2. The van der Waals surface area contributed by atoms with Crippen molar-refractivity contribution in [3.05, 3.63) is 65.5 Å². The number of carbonyl (C=O) groups excluding carboxylic acids is 1. The average Bonchev–Trinajstić information content (AvgIpc) is 3.48. The number of aromatic hydroxyl groups is 2. The number of β-amino-alcohol motifs (C(OH)–C–C–N with tert-alkyl or cyclic N) is 1. The Hall–Kier alpha value is -4.97. The molecule has 1 saturated heterocycles. The number of carboxylic acids is 1. The van der Waals surface area contributed by atoms with Crippen LogP contribution in [0.1, 0.15) is 22.3 Å². The minimum Gasteiger partial charge on any atom is -0.507 e. The van der Waals surface area contributed by atoms with Gasteiger partial charge in [0.05, 0.1) is 22.7 Å². The third-order valence-corrected chi connectivity index (χ3v) is 6.48. The highest BCUT2D eigenvalue weighted by Crippen LogP contribution is 2.42. The zero-order valence-corrected chi connectivity index (χ0v) is 19.6. The van der Waals surface area contributed by atoms with Crippen molar-refractivity contribution in [1.29, 1.82) is 5.41 Å². The number of aliphatic hydroxyl groups is 1. The van der Waals surface area contributed by atoms with Crippen LogP contribution in [0.4, 0.5) is 4.39 Å². The van der Waals surface area contributed by atoms with Crippen LogP contribution < -0.4 is 5.73 Å². The lowest BCUT2D eigenvalue weighted by Crippen LogP contribution is -2.40. The van der Waals surface area contributed by atoms with E-state index in [9.17, 15) is 34.4 Å². The Labute approximate surface area is 214 Å². The first-order valence-corrected chi connectivity index (χ1v) is 11.5. The summed E-state index contributed by atoms with van der Waals surface area (Å²) >= 11 is 0. The number of fused-ring (bicyclic) bond motifs is 1. The lowest BCUT2D eigenvalue weighted by molar-refractivity contribution is -0.141. The van der Waals surface area contributed by atoms with Gasteiger partial charge in [-0.15, -0.1) is 0 Å². The maximum absolute atomic E-state index is 14.1. The molecule has 1 aliphatic rings. The van der Waals surface area contributed by atoms with Crippen LogP contribution in [-0.4, -0.2) is 71.7 Å². The number of halogens is 1. The highest BCUT2D eigenvalue weighted by molar-refractivity contribution is 6.02. The molecule has 11 nitrogen and oxygen atoms in total. The molecule has 0 radical (unpaired) electrons. The third kappa shape index (κ3) is 4.26. The van der Waals surface area contributed by atoms with Crippen molar-refractivity contribution in [2.24, 2.45) is 5.73 Å². The number of aliphatic hydroxyl groups excluding tert-OH is 1. The van der Waals surface area contributed by atoms with Crippen molar-refractivity contribution in [3.8, 4) is 34.0 Å². The molecule has 0 bridgehead atoms. The quantitative estimate of drug-likeness (QED) is 0.154. The molecule has 0 spiro atoms. The molecule has 0 aliphatic carbocycles. The Morgan fingerprint density at radius 3 is 2.50 bits per heavy atom. The number of aromatic amines is 1. The van der Waals surface area contributed by atoms with Crippen molar-refractivity contribution in [2.75, 3.05) is 6.54 Å². The molecule has 1 aromatic heterocycles. The van der Waals surface area contributed by atoms with Crippen molar-refractivity contribution >= 4 is 28.7 Å². The van der Waals surface area contributed by atoms with E-state index >= 15 is 0 Å². The second-order valence-corrected chi connectivity index (χ2v) is 9.01. The summed E-state index contributed by atoms with van der Waals surface area (Å²) in [6, 6.07) is 9.15. The Kier molecular flexibility index (Phi) is 5.96. The highest BCUT2D eigenvalue weighted by atomic mass is 19.1. The normalized spacial score (nSPS) is 17.2. The van der Waals surface area contributed by atoms with E-state index in [-0.39, 0.29) is 52.6 Å². The highest BCUT2D eigenvalue weighted by Gasteiger charge is 2.39. The number of amides is 1. The largest absolute Gasteiger partial charge is 0.507 e. The van der Waals surface area contributed by atoms with E-state index in [1.807, 2.05) is 0 Å². The molecule has 38 heavy (non-hydrogen) atoms. The van der Waals surface area contributed by atoms with Crippen molar-refractivity contribution < 1.29 is 34.4 Å². The van der Waals surface area contributed by atoms with Gasteiger partial charge in [0.15, 0.2) is 0 Å². The van der Waals surface area contributed by atoms with Crippen molar-refractivity contribution in [3.63, 3.8) is 0 Å². The van der Waals surface area contributed by atoms with Crippen LogP contribution in [0.15, 0.2) is 48.5 Å². The van der Waals surface area contributed by atoms with Crippen LogP contribution in [0.3, 0.4) is 0 Å². The van der Waals surface area contributed by atoms with Gasteiger partial charge in [-0.05, 0) is 48.5 Å². The number of aliphatic carboxylic acids is 1. The molecule has 12 heteroatoms. The SMILES string of the molecule is N=C(N)c1ccc2nc(-c3cc(C(=O)N4C[C@H](O)CC4C(=O)O)cc(-c4cc(F)ccc4O)c3O)[nH]c2c1. The summed E-state index contributed by atoms with van der Waals surface area (Å²) in [4.78, 5) is 33.7. The van der Waals surface area contributed by atoms with E-state index < -0.39 is 35.6 Å². The van der Waals surface area contributed by atoms with Gasteiger partial charge in [-0.2, -0.15) is 0 Å². The van der Waals surface area contributed by atoms with Gasteiger partial charge >= 0.3 is 5.97 Å². The number of carboxylic acid groups (broad SMARTS) is 1. The average molecular weight is 519 g/mol. The fourth-order valence-corrected chi connectivity index (χ4v) is 4.61. The number of nitrogens with one attached hydrogen (secondary N) is 2. The number of aromatic nitrogens is 2. The summed E-state index contributed by atoms with van der Waals surface area (Å²) in [6.07, 6.45) is -1.18. The number of rotatable bonds is 5. The molecule has 8 N–H and O–H groups in total. The number of likely N-dealkylation sites (tertiary alicyclic amines) is 1. The maximum atomic E-state index is 14.1. The standard InChI is InChI=1S/C26H22FN5O6/c27-13-2-4-21(34)15(8-13)16-5-12(25(36)32-10-14(33)9-20(32)26(37)38)6-17(22(16)35)24-30-18-3-1-11(23(28)29)7-19(18)31-24/h1-8,14,20,33-35H,9-10H2,(H3,28,29)(H,30,31)(H,37,38)/t14-,20?/m1/s1. The first-order chi connectivity index (χ1) is 18.0. The Morgan fingerprint density at radius 1 is 1.05 bits per heavy atom. The monoisotopic (exact) mass is 519 g/mol. The summed E-state index contributed by atoms with van der Waals surface area (Å²) < 4.78 is 14.1. The number of phenolic OH excluding ortho intramolecular Hbond substituents is 2. The van der Waals surface area contributed by atoms with E-state index in [2.05, 4.69) is 9.97 Å². The predicted octanol–water partition coefficient (Wildman–Crippen LogP) is 2.39. The minimum atomic E-state index is -1.28. The third-order valence-electron chi connectivity index (χ3n) is 6.48. The van der Waals surface area contributed by atoms with Crippen LogP contribution in [0.2, 0.25) is 0 Å². The molecule has 194 valence electrons. The number of nitrogens with zero attached hydrogens (tertiary/aromatic N) is 2. The Morgan fingerprint density at radius 2 is 1.79 bits per heavy atom. The number of imidazole rings is 1. The van der Waals surface area contributed by atoms with E-state index in [0.29, 0.717) is 16.6 Å². The van der Waals surface area contributed by atoms with Gasteiger partial charge in [-0.1, -0.05) is 0 Å². The molecule has 0 saturated carbocycles. The van der Waals surface area contributed by atoms with E-state index in [1.165, 1.54) is 12.1 Å². The van der Waals surface area contributed by atoms with Crippen LogP contribution in [-0.2, 0) is 4.79 Å². The lowest BCUT2D eigenvalue weighted by Gasteiger charge is -2.22. The number of nitrogens with two attached hydrogens (primary N) is 1. The van der Waals surface area contributed by atoms with Crippen molar-refractivity contribution in [1.82, 2.24) is 14.9 Å². The molecule has 5 rings (SSSR count). The number of phenols is 2. The molecule has 2 atom stereocenters. The van der Waals surface area contributed by atoms with Crippen LogP contribution in [0, 0.1) is 11.2 Å². The zero-order chi connectivity index (χ0) is 27.3. The summed E-state index contributed by atoms with van der Waals surface area (Å²) in [5.74, 6) is -3.58. The zero-order valence-electron chi connectivity index (χ0n) is 19.6. The van der Waals surface area contributed by atoms with Gasteiger partial charge in [0.1, 0.15) is 35.0 Å². The Balaban J connectivity index is 1.71. The Bertz CT molecular complexity index is 1630. The van der Waals surface area contributed by atoms with Crippen LogP contribution in [0.25, 0.3) is 33.5 Å². The second-order valence-electron chi connectivity index (χ2n) is 9.01. The lowest BCUT2D eigenvalue weighted by atomic mass is 9.96. The first kappa shape index (κ1) is 24.7. The molecule has 1 aliphatic heterocycles. The topological polar surface area (TPSA) is 197 Å². The molecular formula is C26H22FN5O6. The first-order valence-electron chi connectivity index (χ1n) is 11.5. The number of hydrogen-bond donors (Lipinski definition) is 7. The van der Waals surface area contributed by atoms with Crippen molar-refractivity contribution in [2.45, 2.75) is 18.6 Å². The van der Waals surface area contributed by atoms with Gasteiger partial charge in [0.2, 0.25) is 0 Å². The van der Waals surface area contributed by atoms with Gasteiger partial charge in [0.25, 0.3) is 5.91 Å². The molecule has 3 aromatic carbocycles. The van der Waals surface area contributed by atoms with E-state index in [0.717, 1.165) is 23.1 Å². The van der Waals surface area contributed by atoms with Crippen LogP contribution in [0.5, 0.6) is 11.5 Å². The number of benzene rings is 3. The van der Waals surface area contributed by atoms with Gasteiger partial charge in [0, 0.05) is 35.2 Å². The molecule has 1 fully saturated rings. The van der Waals surface area contributed by atoms with Gasteiger partial charge in [-0.25, -0.2) is 14.2 Å². The smallest absolute Gasteiger partial charge is 0.326 e. The summed E-state index contributed by atoms with van der Waals surface area (Å²) in [7, 11) is 0. The number of nitrogen functional groups attached to an aromatic ring is 1. The second kappa shape index (κ2) is 9.16. The summed E-state index contributed by atoms with van der Waals surface area (Å²) in [5.41, 5.74) is 6.67. The van der Waals surface area contributed by atoms with Gasteiger partial charge < -0.3 is 36.0 Å². The minimum absolute atomic E-state index is 0.0155. The number of amidine groups is 1. The predicted molar refractivity (Wildman–Crippen MR) is 134 cm³/mol. The molecule has 1 amide bonds. The molecule has 2 heterocycles. The summed E-state index contributed by atoms with van der Waals surface area (Å²) in [5, 5.41) is 48.9. The van der Waals surface area contributed by atoms with E-state index in [4.69, 9.17) is 11.1 Å². The van der Waals surface area contributed by atoms with Gasteiger partial charge in [-0.3, -0.25) is 10.2 Å².